The van der Waals surface area contributed by atoms with E-state index < -0.39 is 41.0 Å². The molecule has 0 unspecified atom stereocenters. The van der Waals surface area contributed by atoms with Gasteiger partial charge in [0.25, 0.3) is 5.91 Å². The van der Waals surface area contributed by atoms with E-state index in [-0.39, 0.29) is 38.2 Å². The van der Waals surface area contributed by atoms with Gasteiger partial charge < -0.3 is 14.8 Å². The van der Waals surface area contributed by atoms with Crippen molar-refractivity contribution in [3.05, 3.63) is 70.9 Å². The van der Waals surface area contributed by atoms with Gasteiger partial charge in [-0.1, -0.05) is 18.2 Å². The number of halogens is 6. The molecule has 6 nitrogen and oxygen atoms in total. The van der Waals surface area contributed by atoms with Crippen molar-refractivity contribution >= 4 is 22.7 Å². The van der Waals surface area contributed by atoms with Crippen molar-refractivity contribution in [2.45, 2.75) is 50.5 Å². The highest BCUT2D eigenvalue weighted by molar-refractivity contribution is 5.95. The summed E-state index contributed by atoms with van der Waals surface area (Å²) in [4.78, 5) is 35.6. The lowest BCUT2D eigenvalue weighted by molar-refractivity contribution is -0.143. The molecule has 1 aromatic heterocycles. The lowest BCUT2D eigenvalue weighted by atomic mass is 9.84. The first-order chi connectivity index (χ1) is 20.8. The number of rotatable bonds is 5. The van der Waals surface area contributed by atoms with Crippen LogP contribution in [0.15, 0.2) is 48.7 Å². The predicted molar refractivity (Wildman–Crippen MR) is 152 cm³/mol. The highest BCUT2D eigenvalue weighted by Gasteiger charge is 2.40. The highest BCUT2D eigenvalue weighted by atomic mass is 19.4. The molecular weight excluding hydrogens is 586 g/mol. The van der Waals surface area contributed by atoms with Crippen LogP contribution in [0.2, 0.25) is 0 Å². The Labute approximate surface area is 251 Å². The number of amides is 2. The average Bonchev–Trinajstić information content (AvgIpc) is 3.13. The number of para-hydroxylation sites is 1. The van der Waals surface area contributed by atoms with Crippen LogP contribution in [0.3, 0.4) is 0 Å². The maximum atomic E-state index is 13.7. The van der Waals surface area contributed by atoms with Crippen LogP contribution in [0.5, 0.6) is 0 Å². The normalized spacial score (nSPS) is 23.3. The Bertz CT molecular complexity index is 1480. The molecule has 4 fully saturated rings. The second-order valence-corrected chi connectivity index (χ2v) is 12.4. The quantitative estimate of drug-likeness (QED) is 0.345. The fourth-order valence-electron chi connectivity index (χ4n) is 7.09. The lowest BCUT2D eigenvalue weighted by Crippen LogP contribution is -2.57. The SMILES string of the molecule is O=C(CN1CCN(C(=O)c2cc(C(F)(F)F)cc(C(F)(F)F)c2)[C@H](Cc2c[nH]c3ccccc23)C1)N1CC2CCC(CC2)C1. The van der Waals surface area contributed by atoms with E-state index in [1.165, 1.54) is 4.90 Å². The van der Waals surface area contributed by atoms with E-state index in [0.717, 1.165) is 55.2 Å². The van der Waals surface area contributed by atoms with E-state index in [4.69, 9.17) is 0 Å². The van der Waals surface area contributed by atoms with E-state index in [9.17, 15) is 35.9 Å². The predicted octanol–water partition coefficient (Wildman–Crippen LogP) is 6.22. The second kappa shape index (κ2) is 11.8. The minimum absolute atomic E-state index is 0.0159. The maximum absolute atomic E-state index is 13.7. The molecule has 2 amide bonds. The van der Waals surface area contributed by atoms with Crippen molar-refractivity contribution in [2.75, 3.05) is 39.3 Å². The van der Waals surface area contributed by atoms with Crippen molar-refractivity contribution in [1.82, 2.24) is 19.7 Å². The first-order valence-corrected chi connectivity index (χ1v) is 15.0. The Morgan fingerprint density at radius 2 is 1.43 bits per heavy atom. The third kappa shape index (κ3) is 6.45. The molecule has 44 heavy (non-hydrogen) atoms. The second-order valence-electron chi connectivity index (χ2n) is 12.4. The molecule has 3 aromatic rings. The van der Waals surface area contributed by atoms with Crippen LogP contribution >= 0.6 is 0 Å². The summed E-state index contributed by atoms with van der Waals surface area (Å²) < 4.78 is 81.5. The van der Waals surface area contributed by atoms with Gasteiger partial charge in [-0.05, 0) is 73.8 Å². The van der Waals surface area contributed by atoms with Gasteiger partial charge in [0.15, 0.2) is 0 Å². The van der Waals surface area contributed by atoms with E-state index in [0.29, 0.717) is 30.4 Å². The van der Waals surface area contributed by atoms with Crippen molar-refractivity contribution in [3.8, 4) is 0 Å². The van der Waals surface area contributed by atoms with Crippen LogP contribution < -0.4 is 0 Å². The molecule has 2 aromatic carbocycles. The number of carbonyl (C=O) groups is 2. The van der Waals surface area contributed by atoms with Gasteiger partial charge in [-0.15, -0.1) is 0 Å². The standard InChI is InChI=1S/C32H34F6N4O2/c33-31(34,35)24-11-22(12-25(14-24)32(36,37)38)30(44)42-10-9-40(19-29(43)41-16-20-5-6-21(17-41)8-7-20)18-26(42)13-23-15-39-28-4-2-1-3-27(23)28/h1-4,11-12,14-15,20-21,26,39H,5-10,13,16-19H2/t20?,21?,26-/m1/s1. The highest BCUT2D eigenvalue weighted by Crippen LogP contribution is 2.37. The van der Waals surface area contributed by atoms with E-state index >= 15 is 0 Å². The van der Waals surface area contributed by atoms with Gasteiger partial charge in [0.1, 0.15) is 0 Å². The Morgan fingerprint density at radius 1 is 0.818 bits per heavy atom. The third-order valence-electron chi connectivity index (χ3n) is 9.43. The zero-order valence-electron chi connectivity index (χ0n) is 24.1. The summed E-state index contributed by atoms with van der Waals surface area (Å²) in [6, 6.07) is 7.95. The van der Waals surface area contributed by atoms with Crippen molar-refractivity contribution in [1.29, 1.82) is 0 Å². The summed E-state index contributed by atoms with van der Waals surface area (Å²) in [5, 5.41) is 0.909. The number of fused-ring (bicyclic) bond motifs is 5. The maximum Gasteiger partial charge on any atom is 0.416 e. The van der Waals surface area contributed by atoms with Crippen LogP contribution in [-0.2, 0) is 23.6 Å². The molecule has 12 heteroatoms. The summed E-state index contributed by atoms with van der Waals surface area (Å²) in [7, 11) is 0. The minimum atomic E-state index is -5.06. The number of piperazine rings is 1. The number of H-pyrrole nitrogens is 1. The molecule has 2 bridgehead atoms. The molecule has 1 atom stereocenters. The van der Waals surface area contributed by atoms with Crippen LogP contribution in [0.4, 0.5) is 26.3 Å². The lowest BCUT2D eigenvalue weighted by Gasteiger charge is -2.42. The molecule has 0 spiro atoms. The number of nitrogens with zero attached hydrogens (tertiary/aromatic N) is 3. The first-order valence-electron chi connectivity index (χ1n) is 15.0. The van der Waals surface area contributed by atoms with Crippen LogP contribution in [0.25, 0.3) is 10.9 Å². The van der Waals surface area contributed by atoms with Crippen molar-refractivity contribution < 1.29 is 35.9 Å². The summed E-state index contributed by atoms with van der Waals surface area (Å²) in [6.45, 7) is 2.21. The monoisotopic (exact) mass is 620 g/mol. The molecule has 1 saturated carbocycles. The topological polar surface area (TPSA) is 59.7 Å². The Hall–Kier alpha value is -3.54. The number of carbonyl (C=O) groups excluding carboxylic acids is 2. The average molecular weight is 621 g/mol. The van der Waals surface area contributed by atoms with Gasteiger partial charge in [0.05, 0.1) is 17.7 Å². The Balaban J connectivity index is 1.27. The van der Waals surface area contributed by atoms with E-state index in [1.807, 2.05) is 34.1 Å². The van der Waals surface area contributed by atoms with Crippen molar-refractivity contribution in [2.24, 2.45) is 11.8 Å². The zero-order valence-corrected chi connectivity index (χ0v) is 24.1. The summed E-state index contributed by atoms with van der Waals surface area (Å²) in [5.41, 5.74) is -1.99. The molecular formula is C32H34F6N4O2. The van der Waals surface area contributed by atoms with Gasteiger partial charge in [-0.2, -0.15) is 26.3 Å². The van der Waals surface area contributed by atoms with Crippen LogP contribution in [0.1, 0.15) is 52.7 Å². The molecule has 0 radical (unpaired) electrons. The molecule has 4 heterocycles. The first kappa shape index (κ1) is 30.5. The molecule has 236 valence electrons. The van der Waals surface area contributed by atoms with E-state index in [1.54, 1.807) is 6.20 Å². The third-order valence-corrected chi connectivity index (χ3v) is 9.43. The molecule has 1 N–H and O–H groups in total. The summed E-state index contributed by atoms with van der Waals surface area (Å²) in [5.74, 6) is 0.135. The Morgan fingerprint density at radius 3 is 2.05 bits per heavy atom. The number of aromatic amines is 1. The van der Waals surface area contributed by atoms with Gasteiger partial charge in [-0.3, -0.25) is 14.5 Å². The fourth-order valence-corrected chi connectivity index (χ4v) is 7.09. The van der Waals surface area contributed by atoms with Gasteiger partial charge in [-0.25, -0.2) is 0 Å². The van der Waals surface area contributed by atoms with Gasteiger partial charge >= 0.3 is 12.4 Å². The molecule has 3 saturated heterocycles. The smallest absolute Gasteiger partial charge is 0.361 e. The van der Waals surface area contributed by atoms with Crippen molar-refractivity contribution in [3.63, 3.8) is 0 Å². The largest absolute Gasteiger partial charge is 0.416 e. The number of nitrogens with one attached hydrogen (secondary N) is 1. The van der Waals surface area contributed by atoms with Crippen LogP contribution in [-0.4, -0.2) is 76.8 Å². The number of hydrogen-bond donors (Lipinski definition) is 1. The van der Waals surface area contributed by atoms with E-state index in [2.05, 4.69) is 4.98 Å². The number of hydrogen-bond acceptors (Lipinski definition) is 3. The summed E-state index contributed by atoms with van der Waals surface area (Å²) >= 11 is 0. The zero-order chi connectivity index (χ0) is 31.2. The Kier molecular flexibility index (Phi) is 8.15. The molecule has 7 rings (SSSR count). The molecule has 4 aliphatic rings. The molecule has 1 aliphatic carbocycles. The van der Waals surface area contributed by atoms with Gasteiger partial charge in [0.2, 0.25) is 5.91 Å². The minimum Gasteiger partial charge on any atom is -0.361 e. The number of benzene rings is 2. The fraction of sp³-hybridized carbons (Fsp3) is 0.500. The molecule has 3 aliphatic heterocycles. The number of alkyl halides is 6. The summed E-state index contributed by atoms with van der Waals surface area (Å²) in [6.07, 6.45) is -3.49. The van der Waals surface area contributed by atoms with Gasteiger partial charge in [0, 0.05) is 61.4 Å². The van der Waals surface area contributed by atoms with Crippen LogP contribution in [0, 0.1) is 11.8 Å². The number of aromatic nitrogens is 1.